The molecule has 1 aliphatic rings. The molecule has 1 fully saturated rings. The fourth-order valence-corrected chi connectivity index (χ4v) is 3.75. The summed E-state index contributed by atoms with van der Waals surface area (Å²) in [5.41, 5.74) is 7.28. The topological polar surface area (TPSA) is 49.4 Å². The number of nitrogens with one attached hydrogen (secondary N) is 1. The lowest BCUT2D eigenvalue weighted by atomic mass is 10.0. The summed E-state index contributed by atoms with van der Waals surface area (Å²) in [5, 5.41) is 3.05. The van der Waals surface area contributed by atoms with E-state index >= 15 is 0 Å². The fraction of sp³-hybridized carbons (Fsp3) is 0.364. The molecule has 0 spiro atoms. The molecular formula is C22H26N2O2. The largest absolute Gasteiger partial charge is 0.325 e. The second-order valence-electron chi connectivity index (χ2n) is 7.39. The summed E-state index contributed by atoms with van der Waals surface area (Å²) in [6, 6.07) is 10.1. The van der Waals surface area contributed by atoms with Crippen LogP contribution in [0.25, 0.3) is 0 Å². The Morgan fingerprint density at radius 3 is 2.35 bits per heavy atom. The first-order valence-electron chi connectivity index (χ1n) is 9.03. The van der Waals surface area contributed by atoms with E-state index in [1.807, 2.05) is 52.8 Å². The summed E-state index contributed by atoms with van der Waals surface area (Å²) in [5.74, 6) is -0.403. The van der Waals surface area contributed by atoms with Crippen molar-refractivity contribution >= 4 is 23.2 Å². The molecule has 0 radical (unpaired) electrons. The lowest BCUT2D eigenvalue weighted by Gasteiger charge is -2.20. The van der Waals surface area contributed by atoms with Crippen molar-refractivity contribution in [1.29, 1.82) is 0 Å². The Labute approximate surface area is 155 Å². The van der Waals surface area contributed by atoms with Crippen LogP contribution < -0.4 is 10.2 Å². The van der Waals surface area contributed by atoms with Gasteiger partial charge < -0.3 is 10.2 Å². The molecule has 3 rings (SSSR count). The van der Waals surface area contributed by atoms with Crippen LogP contribution in [0.4, 0.5) is 11.4 Å². The van der Waals surface area contributed by atoms with Gasteiger partial charge in [-0.2, -0.15) is 0 Å². The van der Waals surface area contributed by atoms with Gasteiger partial charge in [0.2, 0.25) is 11.8 Å². The van der Waals surface area contributed by atoms with E-state index < -0.39 is 0 Å². The van der Waals surface area contributed by atoms with Gasteiger partial charge in [0.1, 0.15) is 0 Å². The molecule has 4 heteroatoms. The smallest absolute Gasteiger partial charge is 0.229 e. The molecule has 1 heterocycles. The van der Waals surface area contributed by atoms with E-state index in [1.54, 1.807) is 4.90 Å². The van der Waals surface area contributed by atoms with E-state index in [2.05, 4.69) is 17.4 Å². The maximum Gasteiger partial charge on any atom is 0.229 e. The molecule has 2 aromatic rings. The Morgan fingerprint density at radius 2 is 1.69 bits per heavy atom. The average molecular weight is 350 g/mol. The van der Waals surface area contributed by atoms with Gasteiger partial charge in [0.25, 0.3) is 0 Å². The summed E-state index contributed by atoms with van der Waals surface area (Å²) in [6.45, 7) is 10.5. The molecule has 1 saturated heterocycles. The van der Waals surface area contributed by atoms with Crippen LogP contribution in [0.3, 0.4) is 0 Å². The first-order chi connectivity index (χ1) is 12.3. The SMILES string of the molecule is Cc1cc(C)c(NC(=O)[C@H]2CC(=O)N(c3cccc(C)c3C)C2)c(C)c1. The minimum absolute atomic E-state index is 0.0104. The molecule has 0 saturated carbocycles. The minimum Gasteiger partial charge on any atom is -0.325 e. The number of carbonyl (C=O) groups is 2. The zero-order chi connectivity index (χ0) is 19.0. The summed E-state index contributed by atoms with van der Waals surface area (Å²) >= 11 is 0. The second kappa shape index (κ2) is 6.94. The van der Waals surface area contributed by atoms with Gasteiger partial charge in [-0.25, -0.2) is 0 Å². The van der Waals surface area contributed by atoms with Crippen molar-refractivity contribution in [3.63, 3.8) is 0 Å². The molecule has 26 heavy (non-hydrogen) atoms. The third kappa shape index (κ3) is 3.36. The van der Waals surface area contributed by atoms with Crippen molar-refractivity contribution < 1.29 is 9.59 Å². The fourth-order valence-electron chi connectivity index (χ4n) is 3.75. The van der Waals surface area contributed by atoms with E-state index in [9.17, 15) is 9.59 Å². The van der Waals surface area contributed by atoms with Gasteiger partial charge in [0.15, 0.2) is 0 Å². The number of nitrogens with zero attached hydrogens (tertiary/aromatic N) is 1. The summed E-state index contributed by atoms with van der Waals surface area (Å²) in [6.07, 6.45) is 0.253. The van der Waals surface area contributed by atoms with Crippen molar-refractivity contribution in [3.8, 4) is 0 Å². The number of anilines is 2. The molecule has 0 bridgehead atoms. The van der Waals surface area contributed by atoms with Gasteiger partial charge in [-0.15, -0.1) is 0 Å². The number of amides is 2. The molecule has 0 aromatic heterocycles. The van der Waals surface area contributed by atoms with Crippen LogP contribution >= 0.6 is 0 Å². The van der Waals surface area contributed by atoms with Crippen molar-refractivity contribution in [2.75, 3.05) is 16.8 Å². The van der Waals surface area contributed by atoms with Crippen LogP contribution in [-0.2, 0) is 9.59 Å². The molecule has 2 aromatic carbocycles. The van der Waals surface area contributed by atoms with Crippen LogP contribution in [-0.4, -0.2) is 18.4 Å². The van der Waals surface area contributed by atoms with Crippen LogP contribution in [0.1, 0.15) is 34.2 Å². The highest BCUT2D eigenvalue weighted by Crippen LogP contribution is 2.30. The molecule has 2 amide bonds. The summed E-state index contributed by atoms with van der Waals surface area (Å²) in [4.78, 5) is 27.1. The number of rotatable bonds is 3. The molecule has 1 N–H and O–H groups in total. The minimum atomic E-state index is -0.331. The van der Waals surface area contributed by atoms with Gasteiger partial charge in [-0.3, -0.25) is 9.59 Å². The number of benzene rings is 2. The first kappa shape index (κ1) is 18.2. The molecule has 0 unspecified atom stereocenters. The Kier molecular flexibility index (Phi) is 4.86. The second-order valence-corrected chi connectivity index (χ2v) is 7.39. The monoisotopic (exact) mass is 350 g/mol. The lowest BCUT2D eigenvalue weighted by Crippen LogP contribution is -2.29. The zero-order valence-corrected chi connectivity index (χ0v) is 16.1. The van der Waals surface area contributed by atoms with E-state index in [4.69, 9.17) is 0 Å². The van der Waals surface area contributed by atoms with E-state index in [0.717, 1.165) is 33.6 Å². The summed E-state index contributed by atoms with van der Waals surface area (Å²) in [7, 11) is 0. The molecular weight excluding hydrogens is 324 g/mol. The van der Waals surface area contributed by atoms with Crippen molar-refractivity contribution in [2.24, 2.45) is 5.92 Å². The van der Waals surface area contributed by atoms with Crippen LogP contribution in [0.2, 0.25) is 0 Å². The first-order valence-corrected chi connectivity index (χ1v) is 9.03. The van der Waals surface area contributed by atoms with Gasteiger partial charge in [-0.1, -0.05) is 29.8 Å². The van der Waals surface area contributed by atoms with Gasteiger partial charge in [-0.05, 0) is 62.9 Å². The van der Waals surface area contributed by atoms with E-state index in [-0.39, 0.29) is 24.2 Å². The number of aryl methyl sites for hydroxylation is 4. The summed E-state index contributed by atoms with van der Waals surface area (Å²) < 4.78 is 0. The van der Waals surface area contributed by atoms with E-state index in [0.29, 0.717) is 6.54 Å². The standard InChI is InChI=1S/C22H26N2O2/c1-13-9-15(3)21(16(4)10-13)23-22(26)18-11-20(25)24(12-18)19-8-6-7-14(2)17(19)5/h6-10,18H,11-12H2,1-5H3,(H,23,26)/t18-/m0/s1. The van der Waals surface area contributed by atoms with Crippen LogP contribution in [0.5, 0.6) is 0 Å². The Bertz CT molecular complexity index is 863. The highest BCUT2D eigenvalue weighted by molar-refractivity contribution is 6.04. The molecule has 1 atom stereocenters. The highest BCUT2D eigenvalue weighted by atomic mass is 16.2. The highest BCUT2D eigenvalue weighted by Gasteiger charge is 2.36. The van der Waals surface area contributed by atoms with E-state index in [1.165, 1.54) is 5.56 Å². The Hall–Kier alpha value is -2.62. The predicted molar refractivity (Wildman–Crippen MR) is 106 cm³/mol. The molecule has 1 aliphatic heterocycles. The Balaban J connectivity index is 1.79. The average Bonchev–Trinajstić information content (AvgIpc) is 2.95. The Morgan fingerprint density at radius 1 is 1.04 bits per heavy atom. The molecule has 136 valence electrons. The predicted octanol–water partition coefficient (Wildman–Crippen LogP) is 4.22. The van der Waals surface area contributed by atoms with Crippen LogP contribution in [0, 0.1) is 40.5 Å². The number of carbonyl (C=O) groups excluding carboxylic acids is 2. The zero-order valence-electron chi connectivity index (χ0n) is 16.1. The van der Waals surface area contributed by atoms with Crippen LogP contribution in [0.15, 0.2) is 30.3 Å². The van der Waals surface area contributed by atoms with Crippen molar-refractivity contribution in [2.45, 2.75) is 41.0 Å². The maximum atomic E-state index is 12.8. The van der Waals surface area contributed by atoms with Crippen molar-refractivity contribution in [1.82, 2.24) is 0 Å². The molecule has 0 aliphatic carbocycles. The maximum absolute atomic E-state index is 12.8. The molecule has 4 nitrogen and oxygen atoms in total. The lowest BCUT2D eigenvalue weighted by molar-refractivity contribution is -0.122. The number of hydrogen-bond acceptors (Lipinski definition) is 2. The van der Waals surface area contributed by atoms with Gasteiger partial charge in [0, 0.05) is 24.3 Å². The quantitative estimate of drug-likeness (QED) is 0.901. The van der Waals surface area contributed by atoms with Crippen molar-refractivity contribution in [3.05, 3.63) is 58.1 Å². The third-order valence-electron chi connectivity index (χ3n) is 5.29. The van der Waals surface area contributed by atoms with Gasteiger partial charge >= 0.3 is 0 Å². The number of hydrogen-bond donors (Lipinski definition) is 1. The van der Waals surface area contributed by atoms with Gasteiger partial charge in [0.05, 0.1) is 5.92 Å². The third-order valence-corrected chi connectivity index (χ3v) is 5.29. The normalized spacial score (nSPS) is 16.9.